The summed E-state index contributed by atoms with van der Waals surface area (Å²) in [6, 6.07) is 7.17. The van der Waals surface area contributed by atoms with E-state index in [4.69, 9.17) is 14.2 Å². The second-order valence-corrected chi connectivity index (χ2v) is 7.89. The number of benzene rings is 1. The molecule has 32 heavy (non-hydrogen) atoms. The number of methoxy groups -OCH3 is 1. The van der Waals surface area contributed by atoms with Gasteiger partial charge < -0.3 is 19.5 Å². The largest absolute Gasteiger partial charge is 0.435 e. The Bertz CT molecular complexity index is 998. The summed E-state index contributed by atoms with van der Waals surface area (Å²) in [7, 11) is 1.57. The summed E-state index contributed by atoms with van der Waals surface area (Å²) in [5.41, 5.74) is 4.65. The first kappa shape index (κ1) is 23.6. The molecule has 0 radical (unpaired) electrons. The zero-order valence-electron chi connectivity index (χ0n) is 18.9. The third-order valence-corrected chi connectivity index (χ3v) is 5.41. The summed E-state index contributed by atoms with van der Waals surface area (Å²) < 4.78 is 15.5. The van der Waals surface area contributed by atoms with E-state index in [2.05, 4.69) is 16.9 Å². The number of ether oxygens (including phenoxy) is 3. The Morgan fingerprint density at radius 1 is 1.19 bits per heavy atom. The number of aromatic nitrogens is 1. The Morgan fingerprint density at radius 3 is 2.62 bits per heavy atom. The van der Waals surface area contributed by atoms with E-state index in [1.54, 1.807) is 25.3 Å². The average molecular weight is 439 g/mol. The normalized spacial score (nSPS) is 13.0. The van der Waals surface area contributed by atoms with Crippen molar-refractivity contribution in [1.29, 1.82) is 0 Å². The van der Waals surface area contributed by atoms with Crippen LogP contribution in [0.15, 0.2) is 30.8 Å². The summed E-state index contributed by atoms with van der Waals surface area (Å²) in [4.78, 5) is 29.7. The van der Waals surface area contributed by atoms with Gasteiger partial charge in [0.2, 0.25) is 0 Å². The molecule has 3 rings (SSSR count). The van der Waals surface area contributed by atoms with Crippen LogP contribution in [0.2, 0.25) is 0 Å². The van der Waals surface area contributed by atoms with Gasteiger partial charge in [0.25, 0.3) is 5.91 Å². The van der Waals surface area contributed by atoms with Crippen LogP contribution in [0.25, 0.3) is 17.2 Å². The van der Waals surface area contributed by atoms with Crippen LogP contribution >= 0.6 is 0 Å². The van der Waals surface area contributed by atoms with Crippen LogP contribution in [-0.4, -0.2) is 50.5 Å². The maximum atomic E-state index is 12.8. The smallest absolute Gasteiger partial charge is 0.340 e. The lowest BCUT2D eigenvalue weighted by molar-refractivity contribution is -0.0435. The van der Waals surface area contributed by atoms with Crippen molar-refractivity contribution in [2.45, 2.75) is 26.7 Å². The predicted octanol–water partition coefficient (Wildman–Crippen LogP) is 3.93. The van der Waals surface area contributed by atoms with Gasteiger partial charge in [0.05, 0.1) is 18.8 Å². The van der Waals surface area contributed by atoms with Crippen LogP contribution in [0.5, 0.6) is 0 Å². The lowest BCUT2D eigenvalue weighted by Crippen LogP contribution is -2.26. The molecule has 0 atom stereocenters. The van der Waals surface area contributed by atoms with Crippen molar-refractivity contribution in [3.8, 4) is 11.1 Å². The quantitative estimate of drug-likeness (QED) is 0.325. The van der Waals surface area contributed by atoms with E-state index in [1.165, 1.54) is 12.8 Å². The minimum Gasteiger partial charge on any atom is -0.435 e. The van der Waals surface area contributed by atoms with Gasteiger partial charge >= 0.3 is 5.97 Å². The van der Waals surface area contributed by atoms with Crippen LogP contribution in [0.3, 0.4) is 0 Å². The van der Waals surface area contributed by atoms with Gasteiger partial charge in [0.15, 0.2) is 6.79 Å². The second-order valence-electron chi connectivity index (χ2n) is 7.89. The number of hydrogen-bond donors (Lipinski definition) is 1. The molecule has 0 saturated heterocycles. The number of esters is 1. The van der Waals surface area contributed by atoms with Crippen LogP contribution in [0, 0.1) is 19.8 Å². The number of pyridine rings is 1. The molecule has 1 aromatic heterocycles. The molecule has 1 amide bonds. The van der Waals surface area contributed by atoms with Gasteiger partial charge in [-0.3, -0.25) is 4.79 Å². The molecule has 7 nitrogen and oxygen atoms in total. The molecule has 1 aliphatic rings. The predicted molar refractivity (Wildman–Crippen MR) is 122 cm³/mol. The molecular formula is C25H30N2O5. The van der Waals surface area contributed by atoms with E-state index in [1.807, 2.05) is 26.0 Å². The molecule has 170 valence electrons. The van der Waals surface area contributed by atoms with E-state index in [0.29, 0.717) is 48.2 Å². The maximum absolute atomic E-state index is 12.8. The summed E-state index contributed by atoms with van der Waals surface area (Å²) in [6.07, 6.45) is 4.04. The number of carbonyl (C=O) groups excluding carboxylic acids is 2. The molecule has 7 heteroatoms. The molecule has 1 aromatic carbocycles. The Hall–Kier alpha value is -3.03. The minimum atomic E-state index is -0.508. The van der Waals surface area contributed by atoms with E-state index in [0.717, 1.165) is 16.7 Å². The lowest BCUT2D eigenvalue weighted by Gasteiger charge is -2.15. The maximum Gasteiger partial charge on any atom is 0.340 e. The highest BCUT2D eigenvalue weighted by Gasteiger charge is 2.23. The van der Waals surface area contributed by atoms with Crippen LogP contribution in [-0.2, 0) is 14.2 Å². The van der Waals surface area contributed by atoms with Gasteiger partial charge in [0.1, 0.15) is 5.69 Å². The van der Waals surface area contributed by atoms with Gasteiger partial charge in [-0.1, -0.05) is 18.7 Å². The average Bonchev–Trinajstić information content (AvgIpc) is 3.61. The molecule has 1 heterocycles. The SMILES string of the molecule is C=Cc1cc(C(=O)OCOCCOC)c(-c2ccc(C(=O)NCC3CC3)nc2C)cc1C. The van der Waals surface area contributed by atoms with E-state index in [9.17, 15) is 9.59 Å². The number of nitrogens with zero attached hydrogens (tertiary/aromatic N) is 1. The van der Waals surface area contributed by atoms with Crippen molar-refractivity contribution in [1.82, 2.24) is 10.3 Å². The summed E-state index contributed by atoms with van der Waals surface area (Å²) in [5, 5.41) is 2.93. The topological polar surface area (TPSA) is 86.8 Å². The van der Waals surface area contributed by atoms with Crippen molar-refractivity contribution in [2.75, 3.05) is 33.7 Å². The molecular weight excluding hydrogens is 408 g/mol. The van der Waals surface area contributed by atoms with Crippen LogP contribution in [0.4, 0.5) is 0 Å². The first-order valence-electron chi connectivity index (χ1n) is 10.7. The molecule has 1 saturated carbocycles. The molecule has 0 spiro atoms. The monoisotopic (exact) mass is 438 g/mol. The Morgan fingerprint density at radius 2 is 1.97 bits per heavy atom. The van der Waals surface area contributed by atoms with Crippen molar-refractivity contribution in [3.63, 3.8) is 0 Å². The van der Waals surface area contributed by atoms with Crippen molar-refractivity contribution < 1.29 is 23.8 Å². The standard InChI is InChI=1S/C25H30N2O5/c1-5-19-13-22(25(29)32-15-31-11-10-30-4)21(12-16(19)2)20-8-9-23(27-17(20)3)24(28)26-14-18-6-7-18/h5,8-9,12-13,18H,1,6-7,10-11,14-15H2,2-4H3,(H,26,28). The Balaban J connectivity index is 1.85. The van der Waals surface area contributed by atoms with Crippen LogP contribution < -0.4 is 5.32 Å². The van der Waals surface area contributed by atoms with Gasteiger partial charge in [0, 0.05) is 24.9 Å². The molecule has 0 unspecified atom stereocenters. The third-order valence-electron chi connectivity index (χ3n) is 5.41. The first-order chi connectivity index (χ1) is 15.4. The van der Waals surface area contributed by atoms with Gasteiger partial charge in [-0.15, -0.1) is 0 Å². The highest BCUT2D eigenvalue weighted by atomic mass is 16.7. The lowest BCUT2D eigenvalue weighted by atomic mass is 9.93. The van der Waals surface area contributed by atoms with Gasteiger partial charge in [-0.2, -0.15) is 0 Å². The summed E-state index contributed by atoms with van der Waals surface area (Å²) >= 11 is 0. The van der Waals surface area contributed by atoms with E-state index >= 15 is 0 Å². The highest BCUT2D eigenvalue weighted by molar-refractivity contribution is 5.99. The Labute approximate surface area is 188 Å². The Kier molecular flexibility index (Phi) is 8.14. The number of rotatable bonds is 11. The first-order valence-corrected chi connectivity index (χ1v) is 10.7. The van der Waals surface area contributed by atoms with Gasteiger partial charge in [-0.05, 0) is 67.5 Å². The number of aryl methyl sites for hydroxylation is 2. The molecule has 0 aliphatic heterocycles. The van der Waals surface area contributed by atoms with Crippen molar-refractivity contribution in [3.05, 3.63) is 58.9 Å². The zero-order valence-corrected chi connectivity index (χ0v) is 18.9. The minimum absolute atomic E-state index is 0.170. The molecule has 2 aromatic rings. The van der Waals surface area contributed by atoms with Crippen molar-refractivity contribution in [2.24, 2.45) is 5.92 Å². The zero-order chi connectivity index (χ0) is 23.1. The highest BCUT2D eigenvalue weighted by Crippen LogP contribution is 2.31. The third kappa shape index (κ3) is 6.02. The van der Waals surface area contributed by atoms with Crippen LogP contribution in [0.1, 0.15) is 50.5 Å². The number of nitrogens with one attached hydrogen (secondary N) is 1. The fourth-order valence-corrected chi connectivity index (χ4v) is 3.33. The number of hydrogen-bond acceptors (Lipinski definition) is 6. The molecule has 0 bridgehead atoms. The van der Waals surface area contributed by atoms with Gasteiger partial charge in [-0.25, -0.2) is 9.78 Å². The fourth-order valence-electron chi connectivity index (χ4n) is 3.33. The van der Waals surface area contributed by atoms with E-state index in [-0.39, 0.29) is 12.7 Å². The second kappa shape index (κ2) is 11.0. The van der Waals surface area contributed by atoms with E-state index < -0.39 is 5.97 Å². The fraction of sp³-hybridized carbons (Fsp3) is 0.400. The molecule has 1 N–H and O–H groups in total. The molecule has 1 fully saturated rings. The van der Waals surface area contributed by atoms with Crippen molar-refractivity contribution >= 4 is 18.0 Å². The number of amides is 1. The number of carbonyl (C=O) groups is 2. The summed E-state index contributed by atoms with van der Waals surface area (Å²) in [5.74, 6) is -0.0959. The summed E-state index contributed by atoms with van der Waals surface area (Å²) in [6.45, 7) is 8.86. The molecule has 1 aliphatic carbocycles.